The van der Waals surface area contributed by atoms with Crippen molar-refractivity contribution in [1.82, 2.24) is 4.72 Å². The Morgan fingerprint density at radius 3 is 1.86 bits per heavy atom. The molecule has 206 valence electrons. The monoisotopic (exact) mass is 531 g/mol. The van der Waals surface area contributed by atoms with Crippen molar-refractivity contribution >= 4 is 16.0 Å². The maximum atomic E-state index is 13.0. The van der Waals surface area contributed by atoms with Crippen molar-refractivity contribution in [3.8, 4) is 0 Å². The Hall–Kier alpha value is -2.22. The van der Waals surface area contributed by atoms with Crippen LogP contribution in [0.2, 0.25) is 0 Å². The van der Waals surface area contributed by atoms with Gasteiger partial charge in [0.15, 0.2) is 0 Å². The van der Waals surface area contributed by atoms with Crippen LogP contribution in [0.5, 0.6) is 0 Å². The normalized spacial score (nSPS) is 13.3. The minimum atomic E-state index is -4.04. The number of unbranched alkanes of at least 4 members (excludes halogenated alkanes) is 11. The van der Waals surface area contributed by atoms with E-state index in [1.165, 1.54) is 69.9 Å². The Morgan fingerprint density at radius 1 is 0.811 bits per heavy atom. The van der Waals surface area contributed by atoms with Crippen LogP contribution in [-0.4, -0.2) is 32.1 Å². The predicted octanol–water partition coefficient (Wildman–Crippen LogP) is 6.62. The number of aliphatic hydroxyl groups excluding tert-OH is 1. The summed E-state index contributed by atoms with van der Waals surface area (Å²) in [5.41, 5.74) is 1.35. The average Bonchev–Trinajstić information content (AvgIpc) is 2.90. The molecule has 0 spiro atoms. The highest BCUT2D eigenvalue weighted by Gasteiger charge is 2.34. The summed E-state index contributed by atoms with van der Waals surface area (Å²) in [6.45, 7) is 4.29. The molecule has 2 atom stereocenters. The van der Waals surface area contributed by atoms with Gasteiger partial charge in [0.05, 0.1) is 11.5 Å². The third-order valence-corrected chi connectivity index (χ3v) is 8.02. The lowest BCUT2D eigenvalue weighted by molar-refractivity contribution is -0.148. The molecule has 0 radical (unpaired) electrons. The molecule has 0 saturated heterocycles. The van der Waals surface area contributed by atoms with Crippen molar-refractivity contribution < 1.29 is 23.1 Å². The number of hydrogen-bond acceptors (Lipinski definition) is 5. The third-order valence-electron chi connectivity index (χ3n) is 6.57. The van der Waals surface area contributed by atoms with Crippen LogP contribution in [0.1, 0.15) is 101 Å². The first-order valence-corrected chi connectivity index (χ1v) is 15.3. The molecule has 0 saturated carbocycles. The van der Waals surface area contributed by atoms with E-state index in [2.05, 4.69) is 11.6 Å². The lowest BCUT2D eigenvalue weighted by Crippen LogP contribution is -2.46. The minimum Gasteiger partial charge on any atom is -0.464 e. The molecular formula is C30H45NO5S. The molecule has 2 aromatic carbocycles. The molecule has 0 aliphatic heterocycles. The molecule has 6 nitrogen and oxygen atoms in total. The Kier molecular flexibility index (Phi) is 14.5. The maximum absolute atomic E-state index is 13.0. The van der Waals surface area contributed by atoms with E-state index >= 15 is 0 Å². The lowest BCUT2D eigenvalue weighted by Gasteiger charge is -2.23. The van der Waals surface area contributed by atoms with E-state index in [1.54, 1.807) is 42.5 Å². The smallest absolute Gasteiger partial charge is 0.327 e. The van der Waals surface area contributed by atoms with E-state index in [4.69, 9.17) is 4.74 Å². The van der Waals surface area contributed by atoms with Gasteiger partial charge >= 0.3 is 5.97 Å². The number of nitrogens with one attached hydrogen (secondary N) is 1. The van der Waals surface area contributed by atoms with Crippen molar-refractivity contribution in [2.45, 2.75) is 108 Å². The standard InChI is InChI=1S/C30H45NO5S/c1-3-4-5-6-7-8-9-10-11-12-13-17-24-36-30(33)28(29(32)26-18-15-14-16-19-26)31-37(34,35)27-22-20-25(2)21-23-27/h14-16,18-23,28-29,31-32H,3-13,17,24H2,1-2H3/t28-,29-/m0/s1. The summed E-state index contributed by atoms with van der Waals surface area (Å²) >= 11 is 0. The number of rotatable bonds is 19. The summed E-state index contributed by atoms with van der Waals surface area (Å²) in [5, 5.41) is 10.9. The lowest BCUT2D eigenvalue weighted by atomic mass is 10.0. The highest BCUT2D eigenvalue weighted by atomic mass is 32.2. The van der Waals surface area contributed by atoms with E-state index in [0.29, 0.717) is 12.0 Å². The van der Waals surface area contributed by atoms with Gasteiger partial charge in [0.1, 0.15) is 12.1 Å². The van der Waals surface area contributed by atoms with Crippen molar-refractivity contribution in [2.75, 3.05) is 6.61 Å². The topological polar surface area (TPSA) is 92.7 Å². The molecular weight excluding hydrogens is 486 g/mol. The molecule has 0 aliphatic carbocycles. The van der Waals surface area contributed by atoms with Gasteiger partial charge in [-0.05, 0) is 31.0 Å². The summed E-state index contributed by atoms with van der Waals surface area (Å²) in [5.74, 6) is -0.782. The Balaban J connectivity index is 1.81. The van der Waals surface area contributed by atoms with Crippen LogP contribution in [0.15, 0.2) is 59.5 Å². The highest BCUT2D eigenvalue weighted by molar-refractivity contribution is 7.89. The van der Waals surface area contributed by atoms with E-state index in [1.807, 2.05) is 6.92 Å². The maximum Gasteiger partial charge on any atom is 0.327 e. The average molecular weight is 532 g/mol. The summed E-state index contributed by atoms with van der Waals surface area (Å²) in [7, 11) is -4.04. The fourth-order valence-electron chi connectivity index (χ4n) is 4.24. The highest BCUT2D eigenvalue weighted by Crippen LogP contribution is 2.21. The second-order valence-corrected chi connectivity index (χ2v) is 11.5. The molecule has 2 N–H and O–H groups in total. The number of aliphatic hydroxyl groups is 1. The zero-order chi connectivity index (χ0) is 26.9. The number of benzene rings is 2. The fraction of sp³-hybridized carbons (Fsp3) is 0.567. The molecule has 0 amide bonds. The van der Waals surface area contributed by atoms with Gasteiger partial charge < -0.3 is 9.84 Å². The van der Waals surface area contributed by atoms with Crippen LogP contribution in [0.3, 0.4) is 0 Å². The van der Waals surface area contributed by atoms with Gasteiger partial charge in [-0.2, -0.15) is 4.72 Å². The largest absolute Gasteiger partial charge is 0.464 e. The number of sulfonamides is 1. The summed E-state index contributed by atoms with van der Waals surface area (Å²) in [4.78, 5) is 12.9. The zero-order valence-corrected chi connectivity index (χ0v) is 23.3. The first-order valence-electron chi connectivity index (χ1n) is 13.8. The van der Waals surface area contributed by atoms with Crippen LogP contribution < -0.4 is 4.72 Å². The molecule has 0 heterocycles. The predicted molar refractivity (Wildman–Crippen MR) is 149 cm³/mol. The number of aryl methyl sites for hydroxylation is 1. The second kappa shape index (κ2) is 17.3. The van der Waals surface area contributed by atoms with Gasteiger partial charge in [-0.25, -0.2) is 8.42 Å². The molecule has 0 aliphatic rings. The molecule has 0 unspecified atom stereocenters. The van der Waals surface area contributed by atoms with Crippen LogP contribution in [0.4, 0.5) is 0 Å². The Labute approximate surface area is 223 Å². The van der Waals surface area contributed by atoms with E-state index in [9.17, 15) is 18.3 Å². The first kappa shape index (κ1) is 31.0. The molecule has 37 heavy (non-hydrogen) atoms. The van der Waals surface area contributed by atoms with E-state index in [-0.39, 0.29) is 11.5 Å². The minimum absolute atomic E-state index is 0.0251. The molecule has 0 bridgehead atoms. The van der Waals surface area contributed by atoms with Gasteiger partial charge in [-0.3, -0.25) is 4.79 Å². The van der Waals surface area contributed by atoms with Crippen molar-refractivity contribution in [3.63, 3.8) is 0 Å². The van der Waals surface area contributed by atoms with Crippen molar-refractivity contribution in [2.24, 2.45) is 0 Å². The van der Waals surface area contributed by atoms with E-state index in [0.717, 1.165) is 18.4 Å². The number of ether oxygens (including phenoxy) is 1. The second-order valence-electron chi connectivity index (χ2n) is 9.82. The van der Waals surface area contributed by atoms with Gasteiger partial charge in [0.2, 0.25) is 10.0 Å². The van der Waals surface area contributed by atoms with Gasteiger partial charge in [0, 0.05) is 0 Å². The zero-order valence-electron chi connectivity index (χ0n) is 22.5. The van der Waals surface area contributed by atoms with Crippen LogP contribution >= 0.6 is 0 Å². The SMILES string of the molecule is CCCCCCCCCCCCCCOC(=O)[C@@H](NS(=O)(=O)c1ccc(C)cc1)[C@@H](O)c1ccccc1. The van der Waals surface area contributed by atoms with Gasteiger partial charge in [0.25, 0.3) is 0 Å². The number of hydrogen-bond donors (Lipinski definition) is 2. The van der Waals surface area contributed by atoms with Crippen molar-refractivity contribution in [1.29, 1.82) is 0 Å². The van der Waals surface area contributed by atoms with Gasteiger partial charge in [-0.1, -0.05) is 126 Å². The molecule has 2 rings (SSSR count). The molecule has 7 heteroatoms. The van der Waals surface area contributed by atoms with Gasteiger partial charge in [-0.15, -0.1) is 0 Å². The number of esters is 1. The molecule has 0 aromatic heterocycles. The first-order chi connectivity index (χ1) is 17.8. The quantitative estimate of drug-likeness (QED) is 0.157. The Bertz CT molecular complexity index is 992. The van der Waals surface area contributed by atoms with Crippen LogP contribution in [0, 0.1) is 6.92 Å². The molecule has 2 aromatic rings. The summed E-state index contributed by atoms with van der Waals surface area (Å²) in [6.07, 6.45) is 13.0. The summed E-state index contributed by atoms with van der Waals surface area (Å²) < 4.78 is 33.7. The molecule has 0 fully saturated rings. The van der Waals surface area contributed by atoms with E-state index < -0.39 is 28.1 Å². The fourth-order valence-corrected chi connectivity index (χ4v) is 5.43. The Morgan fingerprint density at radius 2 is 1.32 bits per heavy atom. The third kappa shape index (κ3) is 11.8. The van der Waals surface area contributed by atoms with Crippen LogP contribution in [0.25, 0.3) is 0 Å². The number of carbonyl (C=O) groups is 1. The number of carbonyl (C=O) groups excluding carboxylic acids is 1. The van der Waals surface area contributed by atoms with Crippen molar-refractivity contribution in [3.05, 3.63) is 65.7 Å². The van der Waals surface area contributed by atoms with Crippen LogP contribution in [-0.2, 0) is 19.6 Å². The summed E-state index contributed by atoms with van der Waals surface area (Å²) in [6, 6.07) is 13.4.